The Hall–Kier alpha value is -1.43. The molecule has 2 aliphatic rings. The summed E-state index contributed by atoms with van der Waals surface area (Å²) in [7, 11) is 0. The Balaban J connectivity index is 1.57. The second kappa shape index (κ2) is 5.52. The lowest BCUT2D eigenvalue weighted by Gasteiger charge is -2.14. The number of rotatable bonds is 3. The third kappa shape index (κ3) is 2.85. The van der Waals surface area contributed by atoms with Crippen molar-refractivity contribution in [3.05, 3.63) is 29.3 Å². The Morgan fingerprint density at radius 2 is 1.90 bits per heavy atom. The molecule has 0 spiro atoms. The molecule has 1 aliphatic carbocycles. The number of aliphatic hydroxyl groups excluding tert-OH is 2. The monoisotopic (exact) mass is 276 g/mol. The van der Waals surface area contributed by atoms with Gasteiger partial charge in [-0.15, -0.1) is 0 Å². The van der Waals surface area contributed by atoms with Gasteiger partial charge in [-0.3, -0.25) is 9.69 Å². The van der Waals surface area contributed by atoms with Crippen LogP contribution < -0.4 is 5.32 Å². The molecule has 0 radical (unpaired) electrons. The van der Waals surface area contributed by atoms with E-state index in [9.17, 15) is 15.0 Å². The van der Waals surface area contributed by atoms with Crippen LogP contribution in [-0.4, -0.2) is 52.9 Å². The smallest absolute Gasteiger partial charge is 0.238 e. The average Bonchev–Trinajstić information content (AvgIpc) is 2.96. The Kier molecular flexibility index (Phi) is 3.74. The lowest BCUT2D eigenvalue weighted by molar-refractivity contribution is -0.117. The first-order valence-corrected chi connectivity index (χ1v) is 7.12. The zero-order valence-electron chi connectivity index (χ0n) is 11.4. The summed E-state index contributed by atoms with van der Waals surface area (Å²) in [6, 6.07) is 6.07. The Labute approximate surface area is 118 Å². The molecule has 1 saturated heterocycles. The molecule has 0 saturated carbocycles. The maximum atomic E-state index is 12.0. The lowest BCUT2D eigenvalue weighted by atomic mass is 10.1. The summed E-state index contributed by atoms with van der Waals surface area (Å²) in [4.78, 5) is 13.7. The second-order valence-corrected chi connectivity index (χ2v) is 5.71. The van der Waals surface area contributed by atoms with Gasteiger partial charge in [-0.25, -0.2) is 0 Å². The van der Waals surface area contributed by atoms with E-state index in [0.29, 0.717) is 13.1 Å². The molecule has 0 aromatic heterocycles. The van der Waals surface area contributed by atoms with Crippen LogP contribution in [0.25, 0.3) is 0 Å². The number of hydrogen-bond acceptors (Lipinski definition) is 4. The molecule has 20 heavy (non-hydrogen) atoms. The molecule has 1 amide bonds. The number of benzene rings is 1. The molecule has 1 aromatic carbocycles. The van der Waals surface area contributed by atoms with Gasteiger partial charge in [0.2, 0.25) is 5.91 Å². The molecule has 0 bridgehead atoms. The second-order valence-electron chi connectivity index (χ2n) is 5.71. The summed E-state index contributed by atoms with van der Waals surface area (Å²) in [5.41, 5.74) is 3.54. The molecule has 1 fully saturated rings. The molecular formula is C15H20N2O3. The molecule has 1 aliphatic heterocycles. The van der Waals surface area contributed by atoms with E-state index in [1.54, 1.807) is 4.90 Å². The number of amides is 1. The number of nitrogens with one attached hydrogen (secondary N) is 1. The van der Waals surface area contributed by atoms with Crippen LogP contribution in [0.2, 0.25) is 0 Å². The number of β-amino-alcohol motifs (C(OH)–C–C–N with tert-alkyl or cyclic N) is 2. The normalized spacial score (nSPS) is 25.7. The third-order valence-corrected chi connectivity index (χ3v) is 4.08. The molecule has 3 N–H and O–H groups in total. The topological polar surface area (TPSA) is 72.8 Å². The summed E-state index contributed by atoms with van der Waals surface area (Å²) in [6.45, 7) is 0.892. The van der Waals surface area contributed by atoms with Gasteiger partial charge in [0.15, 0.2) is 0 Å². The van der Waals surface area contributed by atoms with E-state index in [2.05, 4.69) is 11.4 Å². The van der Waals surface area contributed by atoms with Crippen molar-refractivity contribution < 1.29 is 15.0 Å². The lowest BCUT2D eigenvalue weighted by Crippen LogP contribution is -2.32. The zero-order chi connectivity index (χ0) is 14.1. The largest absolute Gasteiger partial charge is 0.389 e. The van der Waals surface area contributed by atoms with Crippen LogP contribution in [0.4, 0.5) is 5.69 Å². The molecule has 1 aromatic rings. The molecule has 3 rings (SSSR count). The van der Waals surface area contributed by atoms with Crippen LogP contribution in [0.3, 0.4) is 0 Å². The van der Waals surface area contributed by atoms with Crippen molar-refractivity contribution in [2.45, 2.75) is 31.5 Å². The van der Waals surface area contributed by atoms with Gasteiger partial charge in [-0.05, 0) is 42.5 Å². The number of nitrogens with zero attached hydrogens (tertiary/aromatic N) is 1. The Morgan fingerprint density at radius 1 is 1.20 bits per heavy atom. The number of anilines is 1. The van der Waals surface area contributed by atoms with Crippen molar-refractivity contribution in [1.29, 1.82) is 0 Å². The summed E-state index contributed by atoms with van der Waals surface area (Å²) in [5.74, 6) is -0.107. The average molecular weight is 276 g/mol. The minimum absolute atomic E-state index is 0.107. The SMILES string of the molecule is O=C(CN1C[C@@H](O)[C@@H](O)C1)Nc1ccc2c(c1)CCC2. The first-order chi connectivity index (χ1) is 9.61. The maximum absolute atomic E-state index is 12.0. The standard InChI is InChI=1S/C15H20N2O3/c18-13-7-17(8-14(13)19)9-15(20)16-12-5-4-10-2-1-3-11(10)6-12/h4-6,13-14,18-19H,1-3,7-9H2,(H,16,20)/t13-,14+. The van der Waals surface area contributed by atoms with Crippen LogP contribution in [-0.2, 0) is 17.6 Å². The van der Waals surface area contributed by atoms with E-state index in [-0.39, 0.29) is 12.5 Å². The quantitative estimate of drug-likeness (QED) is 0.735. The highest BCUT2D eigenvalue weighted by molar-refractivity contribution is 5.92. The summed E-state index contributed by atoms with van der Waals surface area (Å²) in [6.07, 6.45) is 1.91. The fourth-order valence-electron chi connectivity index (χ4n) is 3.03. The maximum Gasteiger partial charge on any atom is 0.238 e. The highest BCUT2D eigenvalue weighted by Gasteiger charge is 2.30. The van der Waals surface area contributed by atoms with Crippen LogP contribution in [0.5, 0.6) is 0 Å². The highest BCUT2D eigenvalue weighted by Crippen LogP contribution is 2.24. The van der Waals surface area contributed by atoms with Crippen LogP contribution in [0.15, 0.2) is 18.2 Å². The van der Waals surface area contributed by atoms with Crippen molar-refractivity contribution in [2.24, 2.45) is 0 Å². The van der Waals surface area contributed by atoms with Crippen LogP contribution in [0.1, 0.15) is 17.5 Å². The molecule has 1 heterocycles. The van der Waals surface area contributed by atoms with Crippen molar-refractivity contribution in [1.82, 2.24) is 4.90 Å². The number of likely N-dealkylation sites (tertiary alicyclic amines) is 1. The number of hydrogen-bond donors (Lipinski definition) is 3. The van der Waals surface area contributed by atoms with E-state index >= 15 is 0 Å². The summed E-state index contributed by atoms with van der Waals surface area (Å²) < 4.78 is 0. The highest BCUT2D eigenvalue weighted by atomic mass is 16.3. The van der Waals surface area contributed by atoms with Gasteiger partial charge in [0, 0.05) is 18.8 Å². The minimum Gasteiger partial charge on any atom is -0.389 e. The number of carbonyl (C=O) groups excluding carboxylic acids is 1. The zero-order valence-corrected chi connectivity index (χ0v) is 11.4. The van der Waals surface area contributed by atoms with Gasteiger partial charge in [-0.2, -0.15) is 0 Å². The van der Waals surface area contributed by atoms with Crippen LogP contribution in [0, 0.1) is 0 Å². The van der Waals surface area contributed by atoms with Gasteiger partial charge >= 0.3 is 0 Å². The summed E-state index contributed by atoms with van der Waals surface area (Å²) >= 11 is 0. The fraction of sp³-hybridized carbons (Fsp3) is 0.533. The van der Waals surface area contributed by atoms with Gasteiger partial charge in [0.05, 0.1) is 18.8 Å². The predicted octanol–water partition coefficient (Wildman–Crippen LogP) is 0.151. The third-order valence-electron chi connectivity index (χ3n) is 4.08. The minimum atomic E-state index is -0.747. The predicted molar refractivity (Wildman–Crippen MR) is 75.6 cm³/mol. The van der Waals surface area contributed by atoms with Crippen molar-refractivity contribution >= 4 is 11.6 Å². The molecule has 5 heteroatoms. The molecular weight excluding hydrogens is 256 g/mol. The van der Waals surface area contributed by atoms with Gasteiger partial charge in [-0.1, -0.05) is 6.07 Å². The van der Waals surface area contributed by atoms with E-state index in [1.807, 2.05) is 12.1 Å². The van der Waals surface area contributed by atoms with Gasteiger partial charge in [0.25, 0.3) is 0 Å². The first kappa shape index (κ1) is 13.5. The van der Waals surface area contributed by atoms with E-state index in [0.717, 1.165) is 18.5 Å². The first-order valence-electron chi connectivity index (χ1n) is 7.12. The molecule has 108 valence electrons. The molecule has 5 nitrogen and oxygen atoms in total. The number of fused-ring (bicyclic) bond motifs is 1. The Bertz CT molecular complexity index is 508. The Morgan fingerprint density at radius 3 is 2.65 bits per heavy atom. The number of aliphatic hydroxyl groups is 2. The number of carbonyl (C=O) groups is 1. The van der Waals surface area contributed by atoms with Crippen molar-refractivity contribution in [3.63, 3.8) is 0 Å². The van der Waals surface area contributed by atoms with Crippen LogP contribution >= 0.6 is 0 Å². The van der Waals surface area contributed by atoms with Gasteiger partial charge < -0.3 is 15.5 Å². The summed E-state index contributed by atoms with van der Waals surface area (Å²) in [5, 5.41) is 21.8. The molecule has 0 unspecified atom stereocenters. The fourth-order valence-corrected chi connectivity index (χ4v) is 3.03. The van der Waals surface area contributed by atoms with Crippen molar-refractivity contribution in [3.8, 4) is 0 Å². The van der Waals surface area contributed by atoms with Crippen molar-refractivity contribution in [2.75, 3.05) is 25.0 Å². The van der Waals surface area contributed by atoms with E-state index in [4.69, 9.17) is 0 Å². The molecule has 2 atom stereocenters. The van der Waals surface area contributed by atoms with Gasteiger partial charge in [0.1, 0.15) is 0 Å². The van der Waals surface area contributed by atoms with E-state index in [1.165, 1.54) is 17.5 Å². The van der Waals surface area contributed by atoms with E-state index < -0.39 is 12.2 Å². The number of aryl methyl sites for hydroxylation is 2.